The second-order valence-electron chi connectivity index (χ2n) is 3.94. The third-order valence-electron chi connectivity index (χ3n) is 2.63. The van der Waals surface area contributed by atoms with Gasteiger partial charge in [-0.05, 0) is 38.1 Å². The van der Waals surface area contributed by atoms with E-state index in [2.05, 4.69) is 0 Å². The summed E-state index contributed by atoms with van der Waals surface area (Å²) in [5.41, 5.74) is 1.30. The second kappa shape index (κ2) is 4.73. The molecule has 1 aromatic carbocycles. The Hall–Kier alpha value is -0.960. The Labute approximate surface area is 110 Å². The highest BCUT2D eigenvalue weighted by molar-refractivity contribution is 6.33. The van der Waals surface area contributed by atoms with Crippen molar-refractivity contribution in [1.29, 1.82) is 0 Å². The summed E-state index contributed by atoms with van der Waals surface area (Å²) in [4.78, 5) is 0. The maximum absolute atomic E-state index is 10.3. The molecule has 1 unspecified atom stereocenters. The number of hydrogen-bond acceptors (Lipinski definition) is 2. The fourth-order valence-corrected chi connectivity index (χ4v) is 2.22. The van der Waals surface area contributed by atoms with Crippen molar-refractivity contribution in [2.45, 2.75) is 20.0 Å². The summed E-state index contributed by atoms with van der Waals surface area (Å²) in [7, 11) is 0. The van der Waals surface area contributed by atoms with Gasteiger partial charge in [-0.15, -0.1) is 0 Å². The molecule has 2 rings (SSSR count). The molecule has 1 heterocycles. The van der Waals surface area contributed by atoms with E-state index in [9.17, 15) is 5.11 Å². The number of hydrogen-bond donors (Lipinski definition) is 1. The lowest BCUT2D eigenvalue weighted by Gasteiger charge is -2.12. The van der Waals surface area contributed by atoms with Gasteiger partial charge in [0.15, 0.2) is 0 Å². The second-order valence-corrected chi connectivity index (χ2v) is 4.78. The first-order chi connectivity index (χ1) is 7.99. The van der Waals surface area contributed by atoms with Gasteiger partial charge in [0.1, 0.15) is 17.6 Å². The molecule has 2 aromatic rings. The number of benzene rings is 1. The average molecular weight is 271 g/mol. The van der Waals surface area contributed by atoms with Crippen LogP contribution in [0.1, 0.15) is 28.8 Å². The highest BCUT2D eigenvalue weighted by Crippen LogP contribution is 2.33. The van der Waals surface area contributed by atoms with E-state index in [1.807, 2.05) is 13.8 Å². The zero-order chi connectivity index (χ0) is 12.6. The molecule has 0 radical (unpaired) electrons. The van der Waals surface area contributed by atoms with Crippen LogP contribution in [-0.2, 0) is 0 Å². The average Bonchev–Trinajstić information content (AvgIpc) is 2.60. The van der Waals surface area contributed by atoms with Crippen molar-refractivity contribution in [3.05, 3.63) is 57.0 Å². The summed E-state index contributed by atoms with van der Waals surface area (Å²) < 4.78 is 5.39. The third kappa shape index (κ3) is 2.49. The van der Waals surface area contributed by atoms with E-state index in [0.717, 1.165) is 5.76 Å². The summed E-state index contributed by atoms with van der Waals surface area (Å²) in [5, 5.41) is 11.3. The number of halogens is 2. The van der Waals surface area contributed by atoms with Gasteiger partial charge in [-0.3, -0.25) is 0 Å². The van der Waals surface area contributed by atoms with Crippen LogP contribution in [0.4, 0.5) is 0 Å². The molecule has 0 aliphatic rings. The van der Waals surface area contributed by atoms with E-state index >= 15 is 0 Å². The maximum Gasteiger partial charge on any atom is 0.109 e. The minimum absolute atomic E-state index is 0.486. The van der Waals surface area contributed by atoms with Crippen LogP contribution in [0.2, 0.25) is 10.0 Å². The van der Waals surface area contributed by atoms with Crippen molar-refractivity contribution < 1.29 is 9.52 Å². The number of aliphatic hydroxyl groups is 1. The van der Waals surface area contributed by atoms with Gasteiger partial charge in [-0.2, -0.15) is 0 Å². The van der Waals surface area contributed by atoms with Gasteiger partial charge >= 0.3 is 0 Å². The monoisotopic (exact) mass is 270 g/mol. The molecule has 0 aliphatic heterocycles. The first kappa shape index (κ1) is 12.5. The minimum Gasteiger partial charge on any atom is -0.466 e. The lowest BCUT2D eigenvalue weighted by atomic mass is 10.0. The highest BCUT2D eigenvalue weighted by atomic mass is 35.5. The van der Waals surface area contributed by atoms with Crippen molar-refractivity contribution in [2.75, 3.05) is 0 Å². The lowest BCUT2D eigenvalue weighted by molar-refractivity contribution is 0.218. The van der Waals surface area contributed by atoms with E-state index in [-0.39, 0.29) is 0 Å². The third-order valence-corrected chi connectivity index (χ3v) is 3.21. The summed E-state index contributed by atoms with van der Waals surface area (Å²) in [6.07, 6.45) is -0.821. The zero-order valence-corrected chi connectivity index (χ0v) is 11.0. The summed E-state index contributed by atoms with van der Waals surface area (Å²) >= 11 is 12.0. The maximum atomic E-state index is 10.3. The lowest BCUT2D eigenvalue weighted by Crippen LogP contribution is -2.00. The van der Waals surface area contributed by atoms with Gasteiger partial charge in [-0.1, -0.05) is 23.2 Å². The quantitative estimate of drug-likeness (QED) is 0.884. The Bertz CT molecular complexity index is 546. The topological polar surface area (TPSA) is 33.4 Å². The molecule has 0 saturated carbocycles. The molecular weight excluding hydrogens is 259 g/mol. The van der Waals surface area contributed by atoms with Crippen LogP contribution in [0.15, 0.2) is 28.7 Å². The van der Waals surface area contributed by atoms with Crippen molar-refractivity contribution in [1.82, 2.24) is 0 Å². The summed E-state index contributed by atoms with van der Waals surface area (Å²) in [6.45, 7) is 3.65. The van der Waals surface area contributed by atoms with Crippen molar-refractivity contribution in [2.24, 2.45) is 0 Å². The van der Waals surface area contributed by atoms with Crippen LogP contribution in [0.25, 0.3) is 0 Å². The Kier molecular flexibility index (Phi) is 3.48. The summed E-state index contributed by atoms with van der Waals surface area (Å²) in [5.74, 6) is 1.45. The van der Waals surface area contributed by atoms with E-state index in [1.165, 1.54) is 0 Å². The van der Waals surface area contributed by atoms with Gasteiger partial charge in [0.05, 0.1) is 0 Å². The molecule has 0 saturated heterocycles. The fraction of sp³-hybridized carbons (Fsp3) is 0.231. The molecule has 0 amide bonds. The molecule has 0 bridgehead atoms. The molecule has 17 heavy (non-hydrogen) atoms. The smallest absolute Gasteiger partial charge is 0.109 e. The molecule has 0 spiro atoms. The highest BCUT2D eigenvalue weighted by Gasteiger charge is 2.19. The molecule has 90 valence electrons. The van der Waals surface area contributed by atoms with E-state index < -0.39 is 6.10 Å². The Balaban J connectivity index is 2.46. The Morgan fingerprint density at radius 1 is 1.12 bits per heavy atom. The minimum atomic E-state index is -0.821. The van der Waals surface area contributed by atoms with Gasteiger partial charge in [-0.25, -0.2) is 0 Å². The molecular formula is C13H12Cl2O2. The number of rotatable bonds is 2. The SMILES string of the molecule is Cc1cc(C(O)c2cc(Cl)ccc2Cl)c(C)o1. The van der Waals surface area contributed by atoms with Crippen LogP contribution in [0, 0.1) is 13.8 Å². The predicted octanol–water partition coefficient (Wildman–Crippen LogP) is 4.28. The molecule has 0 fully saturated rings. The first-order valence-electron chi connectivity index (χ1n) is 5.19. The number of aliphatic hydroxyl groups excluding tert-OH is 1. The van der Waals surface area contributed by atoms with Crippen LogP contribution in [-0.4, -0.2) is 5.11 Å². The molecule has 1 atom stereocenters. The standard InChI is InChI=1S/C13H12Cl2O2/c1-7-5-10(8(2)17-7)13(16)11-6-9(14)3-4-12(11)15/h3-6,13,16H,1-2H3. The van der Waals surface area contributed by atoms with Crippen molar-refractivity contribution in [3.8, 4) is 0 Å². The Morgan fingerprint density at radius 2 is 1.82 bits per heavy atom. The molecule has 4 heteroatoms. The van der Waals surface area contributed by atoms with Crippen LogP contribution < -0.4 is 0 Å². The zero-order valence-electron chi connectivity index (χ0n) is 9.50. The fourth-order valence-electron chi connectivity index (χ4n) is 1.81. The molecule has 0 aliphatic carbocycles. The largest absolute Gasteiger partial charge is 0.466 e. The van der Waals surface area contributed by atoms with Crippen LogP contribution in [0.5, 0.6) is 0 Å². The Morgan fingerprint density at radius 3 is 2.41 bits per heavy atom. The van der Waals surface area contributed by atoms with E-state index in [0.29, 0.717) is 26.9 Å². The summed E-state index contributed by atoms with van der Waals surface area (Å²) in [6, 6.07) is 6.83. The van der Waals surface area contributed by atoms with Gasteiger partial charge in [0, 0.05) is 21.2 Å². The van der Waals surface area contributed by atoms with Gasteiger partial charge in [0.2, 0.25) is 0 Å². The normalized spacial score (nSPS) is 12.8. The molecule has 2 nitrogen and oxygen atoms in total. The molecule has 1 aromatic heterocycles. The van der Waals surface area contributed by atoms with Crippen LogP contribution in [0.3, 0.4) is 0 Å². The van der Waals surface area contributed by atoms with Gasteiger partial charge in [0.25, 0.3) is 0 Å². The molecule has 1 N–H and O–H groups in total. The van der Waals surface area contributed by atoms with Gasteiger partial charge < -0.3 is 9.52 Å². The van der Waals surface area contributed by atoms with Crippen LogP contribution >= 0.6 is 23.2 Å². The number of furan rings is 1. The predicted molar refractivity (Wildman–Crippen MR) is 68.7 cm³/mol. The van der Waals surface area contributed by atoms with E-state index in [4.69, 9.17) is 27.6 Å². The van der Waals surface area contributed by atoms with Crippen molar-refractivity contribution >= 4 is 23.2 Å². The first-order valence-corrected chi connectivity index (χ1v) is 5.94. The number of aryl methyl sites for hydroxylation is 2. The van der Waals surface area contributed by atoms with E-state index in [1.54, 1.807) is 24.3 Å². The van der Waals surface area contributed by atoms with Crippen molar-refractivity contribution in [3.63, 3.8) is 0 Å².